The fourth-order valence-electron chi connectivity index (χ4n) is 4.61. The Morgan fingerprint density at radius 1 is 1.31 bits per heavy atom. The monoisotopic (exact) mass is 538 g/mol. The van der Waals surface area contributed by atoms with Crippen molar-refractivity contribution in [3.8, 4) is 0 Å². The second-order valence-corrected chi connectivity index (χ2v) is 10.3. The predicted octanol–water partition coefficient (Wildman–Crippen LogP) is 4.47. The van der Waals surface area contributed by atoms with Crippen LogP contribution in [0.2, 0.25) is 5.02 Å². The lowest BCUT2D eigenvalue weighted by molar-refractivity contribution is -0.0179. The quantitative estimate of drug-likeness (QED) is 0.305. The fraction of sp³-hybridized carbons (Fsp3) is 0.500. The van der Waals surface area contributed by atoms with E-state index in [4.69, 9.17) is 16.3 Å². The highest BCUT2D eigenvalue weighted by molar-refractivity contribution is 7.86. The molecule has 2 saturated heterocycles. The largest absolute Gasteiger partial charge is 0.375 e. The maximum Gasteiger partial charge on any atom is 0.242 e. The summed E-state index contributed by atoms with van der Waals surface area (Å²) in [4.78, 5) is 6.24. The van der Waals surface area contributed by atoms with E-state index in [2.05, 4.69) is 9.71 Å². The van der Waals surface area contributed by atoms with Crippen molar-refractivity contribution in [2.75, 3.05) is 49.5 Å². The van der Waals surface area contributed by atoms with Crippen molar-refractivity contribution in [1.29, 1.82) is 0 Å². The van der Waals surface area contributed by atoms with E-state index < -0.39 is 56.4 Å². The number of benzene rings is 1. The first-order valence-electron chi connectivity index (χ1n) is 10.9. The Kier molecular flexibility index (Phi) is 7.84. The van der Waals surface area contributed by atoms with Crippen molar-refractivity contribution in [3.63, 3.8) is 0 Å². The van der Waals surface area contributed by atoms with E-state index in [9.17, 15) is 21.8 Å². The Balaban J connectivity index is 1.51. The molecule has 3 heterocycles. The lowest BCUT2D eigenvalue weighted by Gasteiger charge is -2.33. The number of alkyl halides is 2. The van der Waals surface area contributed by atoms with E-state index in [1.165, 1.54) is 19.2 Å². The topological polar surface area (TPSA) is 57.7 Å². The molecule has 2 aromatic rings. The van der Waals surface area contributed by atoms with E-state index in [-0.39, 0.29) is 24.6 Å². The number of hydrogen-bond donors (Lipinski definition) is 1. The number of rotatable bonds is 8. The maximum atomic E-state index is 15.1. The molecule has 2 aliphatic heterocycles. The van der Waals surface area contributed by atoms with Crippen LogP contribution in [0.15, 0.2) is 29.2 Å². The number of methoxy groups -OCH3 is 1. The third-order valence-electron chi connectivity index (χ3n) is 6.46. The zero-order valence-corrected chi connectivity index (χ0v) is 20.3. The van der Waals surface area contributed by atoms with Crippen LogP contribution in [0, 0.1) is 23.5 Å². The number of ether oxygens (including phenoxy) is 1. The Morgan fingerprint density at radius 2 is 2.09 bits per heavy atom. The molecule has 0 aliphatic carbocycles. The Hall–Kier alpha value is -2.02. The van der Waals surface area contributed by atoms with Gasteiger partial charge in [-0.2, -0.15) is 4.39 Å². The average molecular weight is 539 g/mol. The van der Waals surface area contributed by atoms with Gasteiger partial charge in [0.2, 0.25) is 12.4 Å². The van der Waals surface area contributed by atoms with Crippen molar-refractivity contribution < 1.29 is 30.9 Å². The number of nitrogens with one attached hydrogen (secondary N) is 1. The zero-order chi connectivity index (χ0) is 25.3. The highest BCUT2D eigenvalue weighted by Crippen LogP contribution is 2.39. The van der Waals surface area contributed by atoms with E-state index in [1.54, 1.807) is 4.90 Å². The summed E-state index contributed by atoms with van der Waals surface area (Å²) in [6, 6.07) is 4.66. The molecule has 1 unspecified atom stereocenters. The summed E-state index contributed by atoms with van der Waals surface area (Å²) in [7, 11) is -0.919. The number of pyridine rings is 1. The van der Waals surface area contributed by atoms with Crippen molar-refractivity contribution in [3.05, 3.63) is 46.9 Å². The summed E-state index contributed by atoms with van der Waals surface area (Å²) >= 11 is 6.23. The number of aromatic nitrogens is 1. The van der Waals surface area contributed by atoms with Crippen LogP contribution in [0.4, 0.5) is 33.5 Å². The standard InChI is InChI=1S/C22H24ClF5N4O2S/c1-34-22(11-31-7-5-13(10-31)21(27)28)6-8-32(12-22)15-9-14(24)20(19(26)18(15)23)35(33)30-17-4-2-3-16(25)29-17/h2-4,9,13,21H,5-8,10-12H2,1H3,(H,29,30)/t13-,22-,35?/m1/s1. The van der Waals surface area contributed by atoms with Crippen molar-refractivity contribution >= 4 is 34.1 Å². The second kappa shape index (κ2) is 10.5. The van der Waals surface area contributed by atoms with Crippen LogP contribution in [0.25, 0.3) is 0 Å². The third kappa shape index (κ3) is 5.55. The van der Waals surface area contributed by atoms with Crippen molar-refractivity contribution in [2.24, 2.45) is 5.92 Å². The van der Waals surface area contributed by atoms with Crippen LogP contribution in [0.3, 0.4) is 0 Å². The summed E-state index contributed by atoms with van der Waals surface area (Å²) < 4.78 is 90.0. The molecule has 2 fully saturated rings. The molecule has 13 heteroatoms. The minimum absolute atomic E-state index is 0.0668. The van der Waals surface area contributed by atoms with Gasteiger partial charge in [-0.05, 0) is 31.5 Å². The first kappa shape index (κ1) is 26.1. The SMILES string of the molecule is CO[C@@]1(CN2CC[C@@H](C(F)F)C2)CCN(c2cc(F)c(S(=O)Nc3cccc(F)n3)c(F)c2Cl)C1. The summed E-state index contributed by atoms with van der Waals surface area (Å²) in [5, 5.41) is -0.422. The zero-order valence-electron chi connectivity index (χ0n) is 18.7. The number of anilines is 2. The molecule has 35 heavy (non-hydrogen) atoms. The van der Waals surface area contributed by atoms with Gasteiger partial charge in [0.25, 0.3) is 0 Å². The molecule has 6 nitrogen and oxygen atoms in total. The van der Waals surface area contributed by atoms with Crippen molar-refractivity contribution in [2.45, 2.75) is 29.8 Å². The molecule has 2 aliphatic rings. The number of halogens is 6. The normalized spacial score (nSPS) is 23.9. The summed E-state index contributed by atoms with van der Waals surface area (Å²) in [5.74, 6) is -4.00. The molecular formula is C22H24ClF5N4O2S. The minimum atomic E-state index is -2.44. The van der Waals surface area contributed by atoms with Gasteiger partial charge in [-0.25, -0.2) is 26.8 Å². The van der Waals surface area contributed by atoms with Gasteiger partial charge in [0, 0.05) is 45.3 Å². The molecule has 1 N–H and O–H groups in total. The molecule has 0 spiro atoms. The summed E-state index contributed by atoms with van der Waals surface area (Å²) in [5.41, 5.74) is -0.656. The average Bonchev–Trinajstić information content (AvgIpc) is 3.44. The van der Waals surface area contributed by atoms with Gasteiger partial charge in [0.05, 0.1) is 11.3 Å². The Labute approximate surface area is 207 Å². The van der Waals surface area contributed by atoms with Gasteiger partial charge in [-0.15, -0.1) is 0 Å². The lowest BCUT2D eigenvalue weighted by Crippen LogP contribution is -2.46. The molecule has 1 aromatic heterocycles. The van der Waals surface area contributed by atoms with Crippen LogP contribution < -0.4 is 9.62 Å². The number of likely N-dealkylation sites (tertiary alicyclic amines) is 1. The van der Waals surface area contributed by atoms with Crippen LogP contribution in [-0.2, 0) is 15.7 Å². The molecular weight excluding hydrogens is 515 g/mol. The smallest absolute Gasteiger partial charge is 0.242 e. The van der Waals surface area contributed by atoms with Crippen LogP contribution in [0.1, 0.15) is 12.8 Å². The molecule has 192 valence electrons. The minimum Gasteiger partial charge on any atom is -0.375 e. The van der Waals surface area contributed by atoms with Gasteiger partial charge in [0.1, 0.15) is 21.6 Å². The molecule has 0 amide bonds. The Morgan fingerprint density at radius 3 is 2.74 bits per heavy atom. The van der Waals surface area contributed by atoms with Gasteiger partial charge in [0.15, 0.2) is 16.8 Å². The summed E-state index contributed by atoms with van der Waals surface area (Å²) in [6.45, 7) is 1.80. The van der Waals surface area contributed by atoms with E-state index in [0.29, 0.717) is 32.5 Å². The molecule has 0 saturated carbocycles. The Bertz CT molecular complexity index is 1110. The van der Waals surface area contributed by atoms with Crippen LogP contribution >= 0.6 is 11.6 Å². The second-order valence-electron chi connectivity index (χ2n) is 8.73. The lowest BCUT2D eigenvalue weighted by atomic mass is 10.0. The predicted molar refractivity (Wildman–Crippen MR) is 123 cm³/mol. The van der Waals surface area contributed by atoms with Gasteiger partial charge in [-0.3, -0.25) is 9.62 Å². The molecule has 1 aromatic carbocycles. The first-order chi connectivity index (χ1) is 16.6. The molecule has 0 radical (unpaired) electrons. The van der Waals surface area contributed by atoms with Gasteiger partial charge >= 0.3 is 0 Å². The van der Waals surface area contributed by atoms with Crippen LogP contribution in [0.5, 0.6) is 0 Å². The first-order valence-corrected chi connectivity index (χ1v) is 12.4. The number of nitrogens with zero attached hydrogens (tertiary/aromatic N) is 3. The highest BCUT2D eigenvalue weighted by atomic mass is 35.5. The van der Waals surface area contributed by atoms with Gasteiger partial charge < -0.3 is 9.64 Å². The molecule has 4 rings (SSSR count). The van der Waals surface area contributed by atoms with Gasteiger partial charge in [-0.1, -0.05) is 17.7 Å². The van der Waals surface area contributed by atoms with Crippen molar-refractivity contribution in [1.82, 2.24) is 9.88 Å². The fourth-order valence-corrected chi connectivity index (χ4v) is 5.84. The summed E-state index contributed by atoms with van der Waals surface area (Å²) in [6.07, 6.45) is -1.47. The van der Waals surface area contributed by atoms with E-state index >= 15 is 4.39 Å². The van der Waals surface area contributed by atoms with E-state index in [0.717, 1.165) is 12.1 Å². The van der Waals surface area contributed by atoms with Crippen LogP contribution in [-0.4, -0.2) is 66.0 Å². The molecule has 0 bridgehead atoms. The maximum absolute atomic E-state index is 15.1. The molecule has 3 atom stereocenters. The number of hydrogen-bond acceptors (Lipinski definition) is 5. The third-order valence-corrected chi connectivity index (χ3v) is 7.96. The van der Waals surface area contributed by atoms with E-state index in [1.807, 2.05) is 4.90 Å². The highest BCUT2D eigenvalue weighted by Gasteiger charge is 2.43.